The quantitative estimate of drug-likeness (QED) is 0.368. The van der Waals surface area contributed by atoms with Crippen LogP contribution in [0.2, 0.25) is 0 Å². The maximum atomic E-state index is 13.4. The van der Waals surface area contributed by atoms with Crippen LogP contribution in [0.1, 0.15) is 5.56 Å². The first-order chi connectivity index (χ1) is 14.1. The summed E-state index contributed by atoms with van der Waals surface area (Å²) in [7, 11) is 3.19. The van der Waals surface area contributed by atoms with Gasteiger partial charge in [-0.05, 0) is 52.2 Å². The summed E-state index contributed by atoms with van der Waals surface area (Å²) < 4.78 is 64.9. The van der Waals surface area contributed by atoms with Crippen molar-refractivity contribution in [3.63, 3.8) is 0 Å². The molecule has 0 bridgehead atoms. The molecule has 0 amide bonds. The van der Waals surface area contributed by atoms with E-state index in [-0.39, 0.29) is 4.90 Å². The number of aromatic nitrogens is 2. The maximum absolute atomic E-state index is 13.4. The zero-order valence-electron chi connectivity index (χ0n) is 15.5. The summed E-state index contributed by atoms with van der Waals surface area (Å²) in [5, 5.41) is 5.36. The fourth-order valence-corrected chi connectivity index (χ4v) is 4.24. The predicted molar refractivity (Wildman–Crippen MR) is 110 cm³/mol. The van der Waals surface area contributed by atoms with E-state index in [9.17, 15) is 21.6 Å². The van der Waals surface area contributed by atoms with Crippen LogP contribution in [0.3, 0.4) is 0 Å². The smallest absolute Gasteiger partial charge is 0.268 e. The van der Waals surface area contributed by atoms with Crippen molar-refractivity contribution in [3.8, 4) is 22.4 Å². The Kier molecular flexibility index (Phi) is 4.86. The highest BCUT2D eigenvalue weighted by Crippen LogP contribution is 2.40. The third-order valence-corrected chi connectivity index (χ3v) is 6.22. The molecule has 3 aromatic carbocycles. The summed E-state index contributed by atoms with van der Waals surface area (Å²) in [6, 6.07) is 14.8. The fourth-order valence-electron chi connectivity index (χ4n) is 3.45. The first-order valence-electron chi connectivity index (χ1n) is 8.73. The molecular formula is C21H14ClF3N2O2S. The van der Waals surface area contributed by atoms with E-state index in [2.05, 4.69) is 5.10 Å². The minimum absolute atomic E-state index is 0.0481. The average molecular weight is 451 g/mol. The summed E-state index contributed by atoms with van der Waals surface area (Å²) in [6.07, 6.45) is -2.98. The molecule has 4 aromatic rings. The molecule has 0 N–H and O–H groups in total. The van der Waals surface area contributed by atoms with Gasteiger partial charge in [0.15, 0.2) is 0 Å². The Morgan fingerprint density at radius 1 is 0.933 bits per heavy atom. The number of aryl methyl sites for hydroxylation is 1. The summed E-state index contributed by atoms with van der Waals surface area (Å²) in [4.78, 5) is -0.0481. The first kappa shape index (κ1) is 20.4. The van der Waals surface area contributed by atoms with Gasteiger partial charge in [-0.3, -0.25) is 4.68 Å². The Hall–Kier alpha value is -2.84. The van der Waals surface area contributed by atoms with Gasteiger partial charge in [-0.1, -0.05) is 30.3 Å². The number of rotatable bonds is 3. The number of fused-ring (bicyclic) bond motifs is 1. The number of halogens is 4. The van der Waals surface area contributed by atoms with Gasteiger partial charge in [0.25, 0.3) is 9.05 Å². The standard InChI is InChI=1S/C21H14ClF3N2O2S/c1-27-20(9-10-26-27)19-12-14(21(23,24)25)5-7-18(19)17-4-2-3-13-11-15(30(22,28)29)6-8-16(13)17/h2-12H,1H3. The molecule has 30 heavy (non-hydrogen) atoms. The molecule has 9 heteroatoms. The molecule has 0 radical (unpaired) electrons. The normalized spacial score (nSPS) is 12.4. The summed E-state index contributed by atoms with van der Waals surface area (Å²) in [5.41, 5.74) is 1.35. The van der Waals surface area contributed by atoms with Crippen molar-refractivity contribution in [2.24, 2.45) is 7.05 Å². The molecule has 1 aromatic heterocycles. The van der Waals surface area contributed by atoms with Crippen molar-refractivity contribution in [1.29, 1.82) is 0 Å². The first-order valence-corrected chi connectivity index (χ1v) is 11.0. The van der Waals surface area contributed by atoms with Crippen LogP contribution >= 0.6 is 10.7 Å². The van der Waals surface area contributed by atoms with E-state index in [1.165, 1.54) is 29.1 Å². The van der Waals surface area contributed by atoms with Gasteiger partial charge in [0.05, 0.1) is 16.2 Å². The van der Waals surface area contributed by atoms with Gasteiger partial charge >= 0.3 is 6.18 Å². The van der Waals surface area contributed by atoms with Crippen molar-refractivity contribution >= 4 is 30.5 Å². The lowest BCUT2D eigenvalue weighted by Gasteiger charge is -2.16. The lowest BCUT2D eigenvalue weighted by molar-refractivity contribution is -0.137. The van der Waals surface area contributed by atoms with Crippen LogP contribution in [-0.2, 0) is 22.3 Å². The molecule has 4 rings (SSSR count). The number of alkyl halides is 3. The molecule has 154 valence electrons. The van der Waals surface area contributed by atoms with Crippen LogP contribution < -0.4 is 0 Å². The van der Waals surface area contributed by atoms with E-state index < -0.39 is 20.8 Å². The topological polar surface area (TPSA) is 52.0 Å². The van der Waals surface area contributed by atoms with Gasteiger partial charge in [-0.2, -0.15) is 18.3 Å². The Morgan fingerprint density at radius 2 is 1.70 bits per heavy atom. The molecule has 4 nitrogen and oxygen atoms in total. The molecule has 0 spiro atoms. The Labute approximate surface area is 174 Å². The number of benzene rings is 3. The Bertz CT molecular complexity index is 1380. The highest BCUT2D eigenvalue weighted by Gasteiger charge is 2.31. The predicted octanol–water partition coefficient (Wildman–Crippen LogP) is 5.85. The Morgan fingerprint density at radius 3 is 2.33 bits per heavy atom. The summed E-state index contributed by atoms with van der Waals surface area (Å²) in [5.74, 6) is 0. The van der Waals surface area contributed by atoms with Gasteiger partial charge in [0.1, 0.15) is 0 Å². The molecule has 0 unspecified atom stereocenters. The molecule has 0 aliphatic carbocycles. The second kappa shape index (κ2) is 7.14. The van der Waals surface area contributed by atoms with Crippen LogP contribution in [0.15, 0.2) is 71.8 Å². The van der Waals surface area contributed by atoms with Crippen molar-refractivity contribution in [3.05, 3.63) is 72.4 Å². The largest absolute Gasteiger partial charge is 0.416 e. The SMILES string of the molecule is Cn1nccc1-c1cc(C(F)(F)F)ccc1-c1cccc2cc(S(=O)(=O)Cl)ccc12. The monoisotopic (exact) mass is 450 g/mol. The van der Waals surface area contributed by atoms with Gasteiger partial charge in [-0.15, -0.1) is 0 Å². The minimum Gasteiger partial charge on any atom is -0.268 e. The number of hydrogen-bond acceptors (Lipinski definition) is 3. The third-order valence-electron chi connectivity index (χ3n) is 4.87. The van der Waals surface area contributed by atoms with Crippen molar-refractivity contribution in [1.82, 2.24) is 9.78 Å². The van der Waals surface area contributed by atoms with Crippen LogP contribution in [0.4, 0.5) is 13.2 Å². The second-order valence-corrected chi connectivity index (χ2v) is 9.29. The average Bonchev–Trinajstić information content (AvgIpc) is 3.11. The Balaban J connectivity index is 2.01. The van der Waals surface area contributed by atoms with Crippen LogP contribution in [0.25, 0.3) is 33.2 Å². The van der Waals surface area contributed by atoms with E-state index in [4.69, 9.17) is 10.7 Å². The fraction of sp³-hybridized carbons (Fsp3) is 0.0952. The van der Waals surface area contributed by atoms with E-state index >= 15 is 0 Å². The van der Waals surface area contributed by atoms with Crippen molar-refractivity contribution in [2.75, 3.05) is 0 Å². The van der Waals surface area contributed by atoms with E-state index in [0.29, 0.717) is 33.2 Å². The maximum Gasteiger partial charge on any atom is 0.416 e. The summed E-state index contributed by atoms with van der Waals surface area (Å²) in [6.45, 7) is 0. The van der Waals surface area contributed by atoms with Crippen LogP contribution in [0.5, 0.6) is 0 Å². The molecule has 1 heterocycles. The minimum atomic E-state index is -4.49. The van der Waals surface area contributed by atoms with E-state index in [1.54, 1.807) is 37.4 Å². The van der Waals surface area contributed by atoms with E-state index in [0.717, 1.165) is 12.1 Å². The zero-order chi connectivity index (χ0) is 21.7. The zero-order valence-corrected chi connectivity index (χ0v) is 17.1. The molecule has 0 fully saturated rings. The second-order valence-electron chi connectivity index (χ2n) is 6.72. The lowest BCUT2D eigenvalue weighted by atomic mass is 9.92. The summed E-state index contributed by atoms with van der Waals surface area (Å²) >= 11 is 0. The molecule has 0 saturated heterocycles. The lowest BCUT2D eigenvalue weighted by Crippen LogP contribution is -2.06. The van der Waals surface area contributed by atoms with Gasteiger partial charge in [0.2, 0.25) is 0 Å². The highest BCUT2D eigenvalue weighted by molar-refractivity contribution is 8.13. The molecule has 0 atom stereocenters. The van der Waals surface area contributed by atoms with Crippen molar-refractivity contribution in [2.45, 2.75) is 11.1 Å². The molecular weight excluding hydrogens is 437 g/mol. The van der Waals surface area contributed by atoms with Crippen LogP contribution in [0, 0.1) is 0 Å². The van der Waals surface area contributed by atoms with Crippen molar-refractivity contribution < 1.29 is 21.6 Å². The van der Waals surface area contributed by atoms with Gasteiger partial charge < -0.3 is 0 Å². The van der Waals surface area contributed by atoms with E-state index in [1.807, 2.05) is 0 Å². The number of hydrogen-bond donors (Lipinski definition) is 0. The third kappa shape index (κ3) is 3.68. The molecule has 0 saturated carbocycles. The highest BCUT2D eigenvalue weighted by atomic mass is 35.7. The van der Waals surface area contributed by atoms with Gasteiger partial charge in [-0.25, -0.2) is 8.42 Å². The molecule has 0 aliphatic heterocycles. The van der Waals surface area contributed by atoms with Crippen LogP contribution in [-0.4, -0.2) is 18.2 Å². The number of nitrogens with zero attached hydrogens (tertiary/aromatic N) is 2. The van der Waals surface area contributed by atoms with Gasteiger partial charge in [0, 0.05) is 29.5 Å². The molecule has 0 aliphatic rings.